The summed E-state index contributed by atoms with van der Waals surface area (Å²) in [7, 11) is -3.58. The van der Waals surface area contributed by atoms with Crippen LogP contribution < -0.4 is 10.5 Å². The zero-order valence-corrected chi connectivity index (χ0v) is 20.9. The lowest BCUT2D eigenvalue weighted by molar-refractivity contribution is 0.383. The van der Waals surface area contributed by atoms with E-state index < -0.39 is 10.0 Å². The summed E-state index contributed by atoms with van der Waals surface area (Å²) in [6.07, 6.45) is 0. The summed E-state index contributed by atoms with van der Waals surface area (Å²) in [5.41, 5.74) is 3.46. The fraction of sp³-hybridized carbons (Fsp3) is 0.292. The Kier molecular flexibility index (Phi) is 5.75. The number of fused-ring (bicyclic) bond motifs is 1. The highest BCUT2D eigenvalue weighted by Gasteiger charge is 2.30. The van der Waals surface area contributed by atoms with Gasteiger partial charge in [0.25, 0.3) is 5.56 Å². The van der Waals surface area contributed by atoms with Crippen LogP contribution in [0.15, 0.2) is 58.2 Å². The first-order chi connectivity index (χ1) is 16.2. The minimum absolute atomic E-state index is 0.249. The van der Waals surface area contributed by atoms with Crippen molar-refractivity contribution in [1.29, 1.82) is 0 Å². The van der Waals surface area contributed by atoms with E-state index >= 15 is 0 Å². The predicted molar refractivity (Wildman–Crippen MR) is 134 cm³/mol. The molecule has 176 valence electrons. The Bertz CT molecular complexity index is 1550. The van der Waals surface area contributed by atoms with Gasteiger partial charge in [-0.25, -0.2) is 13.4 Å². The van der Waals surface area contributed by atoms with Gasteiger partial charge in [-0.15, -0.1) is 0 Å². The number of piperazine rings is 1. The quantitative estimate of drug-likeness (QED) is 0.432. The van der Waals surface area contributed by atoms with Crippen LogP contribution in [0.5, 0.6) is 0 Å². The lowest BCUT2D eigenvalue weighted by Gasteiger charge is -2.34. The van der Waals surface area contributed by atoms with Crippen molar-refractivity contribution in [1.82, 2.24) is 18.9 Å². The molecule has 8 nitrogen and oxygen atoms in total. The number of anilines is 1. The van der Waals surface area contributed by atoms with E-state index in [4.69, 9.17) is 0 Å². The molecular formula is C24H25N5O3S2. The monoisotopic (exact) mass is 495 g/mol. The van der Waals surface area contributed by atoms with Crippen LogP contribution in [0.3, 0.4) is 0 Å². The summed E-state index contributed by atoms with van der Waals surface area (Å²) < 4.78 is 29.3. The van der Waals surface area contributed by atoms with Crippen LogP contribution in [0.25, 0.3) is 15.5 Å². The second-order valence-electron chi connectivity index (χ2n) is 8.58. The Morgan fingerprint density at radius 1 is 0.912 bits per heavy atom. The van der Waals surface area contributed by atoms with Crippen LogP contribution in [0.4, 0.5) is 5.82 Å². The van der Waals surface area contributed by atoms with Crippen LogP contribution in [-0.2, 0) is 10.0 Å². The van der Waals surface area contributed by atoms with Gasteiger partial charge < -0.3 is 4.90 Å². The van der Waals surface area contributed by atoms with Gasteiger partial charge in [-0.3, -0.25) is 4.79 Å². The van der Waals surface area contributed by atoms with Crippen molar-refractivity contribution in [3.63, 3.8) is 0 Å². The largest absolute Gasteiger partial charge is 0.354 e. The van der Waals surface area contributed by atoms with Crippen molar-refractivity contribution in [2.24, 2.45) is 0 Å². The highest BCUT2D eigenvalue weighted by atomic mass is 32.2. The van der Waals surface area contributed by atoms with E-state index in [2.05, 4.69) is 10.1 Å². The molecular weight excluding hydrogens is 470 g/mol. The van der Waals surface area contributed by atoms with Gasteiger partial charge in [0, 0.05) is 37.8 Å². The van der Waals surface area contributed by atoms with Crippen LogP contribution >= 0.6 is 11.3 Å². The Labute approximate surface area is 202 Å². The van der Waals surface area contributed by atoms with Crippen molar-refractivity contribution < 1.29 is 8.42 Å². The van der Waals surface area contributed by atoms with Crippen molar-refractivity contribution in [2.75, 3.05) is 31.1 Å². The molecule has 1 saturated heterocycles. The molecule has 10 heteroatoms. The number of rotatable bonds is 4. The Morgan fingerprint density at radius 2 is 1.65 bits per heavy atom. The number of aromatic nitrogens is 3. The lowest BCUT2D eigenvalue weighted by atomic mass is 10.1. The van der Waals surface area contributed by atoms with Crippen LogP contribution in [0, 0.1) is 20.8 Å². The first kappa shape index (κ1) is 22.7. The zero-order chi connectivity index (χ0) is 24.0. The van der Waals surface area contributed by atoms with Crippen molar-refractivity contribution in [3.8, 4) is 10.6 Å². The van der Waals surface area contributed by atoms with E-state index in [0.717, 1.165) is 27.3 Å². The first-order valence-corrected chi connectivity index (χ1v) is 13.3. The van der Waals surface area contributed by atoms with E-state index in [1.54, 1.807) is 6.07 Å². The summed E-state index contributed by atoms with van der Waals surface area (Å²) in [6.45, 7) is 7.28. The molecule has 0 unspecified atom stereocenters. The first-order valence-electron chi connectivity index (χ1n) is 11.0. The van der Waals surface area contributed by atoms with Gasteiger partial charge in [-0.1, -0.05) is 47.2 Å². The predicted octanol–water partition coefficient (Wildman–Crippen LogP) is 3.25. The molecule has 1 fully saturated rings. The Morgan fingerprint density at radius 3 is 2.38 bits per heavy atom. The Balaban J connectivity index is 1.38. The fourth-order valence-electron chi connectivity index (χ4n) is 4.14. The van der Waals surface area contributed by atoms with E-state index in [-0.39, 0.29) is 5.56 Å². The van der Waals surface area contributed by atoms with Gasteiger partial charge in [-0.05, 0) is 44.0 Å². The van der Waals surface area contributed by atoms with E-state index in [1.165, 1.54) is 26.2 Å². The molecule has 0 aliphatic carbocycles. The zero-order valence-electron chi connectivity index (χ0n) is 19.2. The molecule has 4 aromatic rings. The molecule has 0 atom stereocenters. The smallest absolute Gasteiger partial charge is 0.277 e. The molecule has 0 amide bonds. The highest BCUT2D eigenvalue weighted by molar-refractivity contribution is 7.89. The molecule has 3 heterocycles. The maximum absolute atomic E-state index is 13.2. The third-order valence-electron chi connectivity index (χ3n) is 6.02. The normalized spacial score (nSPS) is 15.2. The number of hydrogen-bond donors (Lipinski definition) is 0. The molecule has 1 aliphatic rings. The molecule has 2 aromatic carbocycles. The third kappa shape index (κ3) is 4.13. The molecule has 0 saturated carbocycles. The van der Waals surface area contributed by atoms with Gasteiger partial charge in [0.15, 0.2) is 0 Å². The topological polar surface area (TPSA) is 87.9 Å². The maximum atomic E-state index is 13.2. The molecule has 0 spiro atoms. The number of benzene rings is 2. The van der Waals surface area contributed by atoms with Crippen LogP contribution in [-0.4, -0.2) is 53.5 Å². The standard InChI is InChI=1S/C24H25N5O3S2/c1-16-5-4-6-19(13-16)23-26-29-22(30)15-21(25-24(29)33-23)27-9-11-28(12-10-27)34(31,32)20-14-17(2)7-8-18(20)3/h4-8,13-15H,9-12H2,1-3H3. The summed E-state index contributed by atoms with van der Waals surface area (Å²) in [5, 5.41) is 5.19. The molecule has 5 rings (SSSR count). The molecule has 1 aliphatic heterocycles. The minimum Gasteiger partial charge on any atom is -0.354 e. The molecule has 0 N–H and O–H groups in total. The summed E-state index contributed by atoms with van der Waals surface area (Å²) in [6, 6.07) is 14.9. The highest BCUT2D eigenvalue weighted by Crippen LogP contribution is 2.27. The van der Waals surface area contributed by atoms with E-state index in [9.17, 15) is 13.2 Å². The summed E-state index contributed by atoms with van der Waals surface area (Å²) in [4.78, 5) is 20.3. The fourth-order valence-corrected chi connectivity index (χ4v) is 6.77. The SMILES string of the molecule is Cc1cccc(-c2nn3c(=O)cc(N4CCN(S(=O)(=O)c5cc(C)ccc5C)CC4)nc3s2)c1. The van der Waals surface area contributed by atoms with Crippen molar-refractivity contribution >= 4 is 32.1 Å². The molecule has 34 heavy (non-hydrogen) atoms. The number of hydrogen-bond acceptors (Lipinski definition) is 7. The second kappa shape index (κ2) is 8.61. The Hall–Kier alpha value is -3.08. The lowest BCUT2D eigenvalue weighted by Crippen LogP contribution is -2.49. The summed E-state index contributed by atoms with van der Waals surface area (Å²) >= 11 is 1.36. The van der Waals surface area contributed by atoms with E-state index in [0.29, 0.717) is 41.9 Å². The van der Waals surface area contributed by atoms with Gasteiger partial charge in [0.1, 0.15) is 10.8 Å². The average molecular weight is 496 g/mol. The average Bonchev–Trinajstić information content (AvgIpc) is 3.26. The number of aryl methyl sites for hydroxylation is 3. The van der Waals surface area contributed by atoms with E-state index in [1.807, 2.05) is 62.1 Å². The molecule has 0 radical (unpaired) electrons. The summed E-state index contributed by atoms with van der Waals surface area (Å²) in [5.74, 6) is 0.549. The van der Waals surface area contributed by atoms with Crippen molar-refractivity contribution in [2.45, 2.75) is 25.7 Å². The van der Waals surface area contributed by atoms with Crippen LogP contribution in [0.1, 0.15) is 16.7 Å². The van der Waals surface area contributed by atoms with Gasteiger partial charge in [-0.2, -0.15) is 13.9 Å². The van der Waals surface area contributed by atoms with Gasteiger partial charge in [0.2, 0.25) is 15.0 Å². The molecule has 0 bridgehead atoms. The van der Waals surface area contributed by atoms with Crippen molar-refractivity contribution in [3.05, 3.63) is 75.6 Å². The van der Waals surface area contributed by atoms with Gasteiger partial charge in [0.05, 0.1) is 4.90 Å². The number of nitrogens with zero attached hydrogens (tertiary/aromatic N) is 5. The number of sulfonamides is 1. The maximum Gasteiger partial charge on any atom is 0.277 e. The van der Waals surface area contributed by atoms with Crippen LogP contribution in [0.2, 0.25) is 0 Å². The third-order valence-corrected chi connectivity index (χ3v) is 9.02. The molecule has 2 aromatic heterocycles. The van der Waals surface area contributed by atoms with Gasteiger partial charge >= 0.3 is 0 Å². The second-order valence-corrected chi connectivity index (χ2v) is 11.4. The minimum atomic E-state index is -3.58.